The molecule has 0 N–H and O–H groups in total. The van der Waals surface area contributed by atoms with Gasteiger partial charge in [0.05, 0.1) is 24.6 Å². The molecule has 0 unspecified atom stereocenters. The fraction of sp³-hybridized carbons (Fsp3) is 0.882. The van der Waals surface area contributed by atoms with Crippen molar-refractivity contribution in [2.75, 3.05) is 6.54 Å². The first kappa shape index (κ1) is 20.0. The average molecular weight is 341 g/mol. The highest BCUT2D eigenvalue weighted by Crippen LogP contribution is 2.39. The van der Waals surface area contributed by atoms with Crippen LogP contribution in [0, 0.1) is 11.3 Å². The van der Waals surface area contributed by atoms with Crippen LogP contribution in [0.1, 0.15) is 54.4 Å². The molecule has 0 bridgehead atoms. The second kappa shape index (κ2) is 6.82. The van der Waals surface area contributed by atoms with Crippen molar-refractivity contribution in [3.8, 4) is 6.07 Å². The zero-order chi connectivity index (χ0) is 18.1. The first-order valence-corrected chi connectivity index (χ1v) is 11.2. The Hall–Kier alpha value is -1.06. The maximum absolute atomic E-state index is 12.4. The molecule has 6 heteroatoms. The summed E-state index contributed by atoms with van der Waals surface area (Å²) in [6.07, 6.45) is 0.663. The number of carbonyl (C=O) groups is 1. The number of likely N-dealkylation sites (tertiary alicyclic amines) is 1. The summed E-state index contributed by atoms with van der Waals surface area (Å²) in [5.41, 5.74) is -0.535. The third-order valence-corrected chi connectivity index (χ3v) is 9.13. The minimum Gasteiger partial charge on any atom is -0.444 e. The molecule has 1 amide bonds. The Kier molecular flexibility index (Phi) is 5.92. The molecule has 0 aromatic carbocycles. The highest BCUT2D eigenvalue weighted by molar-refractivity contribution is 6.74. The lowest BCUT2D eigenvalue weighted by Gasteiger charge is -2.38. The van der Waals surface area contributed by atoms with E-state index in [-0.39, 0.29) is 23.3 Å². The Labute approximate surface area is 142 Å². The largest absolute Gasteiger partial charge is 0.444 e. The average Bonchev–Trinajstić information content (AvgIpc) is 2.68. The summed E-state index contributed by atoms with van der Waals surface area (Å²) in [4.78, 5) is 14.1. The van der Waals surface area contributed by atoms with Gasteiger partial charge in [-0.15, -0.1) is 0 Å². The van der Waals surface area contributed by atoms with E-state index in [9.17, 15) is 4.79 Å². The summed E-state index contributed by atoms with van der Waals surface area (Å²) in [6.45, 7) is 17.1. The quantitative estimate of drug-likeness (QED) is 0.719. The first-order chi connectivity index (χ1) is 10.3. The molecule has 23 heavy (non-hydrogen) atoms. The van der Waals surface area contributed by atoms with E-state index in [1.807, 2.05) is 20.8 Å². The van der Waals surface area contributed by atoms with Gasteiger partial charge >= 0.3 is 6.09 Å². The van der Waals surface area contributed by atoms with Gasteiger partial charge in [-0.3, -0.25) is 0 Å². The van der Waals surface area contributed by atoms with E-state index in [0.717, 1.165) is 0 Å². The molecular weight excluding hydrogens is 308 g/mol. The Balaban J connectivity index is 2.82. The van der Waals surface area contributed by atoms with Crippen LogP contribution in [-0.2, 0) is 9.16 Å². The molecule has 0 saturated carbocycles. The molecule has 132 valence electrons. The van der Waals surface area contributed by atoms with Crippen molar-refractivity contribution in [3.63, 3.8) is 0 Å². The van der Waals surface area contributed by atoms with Crippen molar-refractivity contribution >= 4 is 14.4 Å². The van der Waals surface area contributed by atoms with E-state index >= 15 is 0 Å². The Morgan fingerprint density at radius 2 is 1.83 bits per heavy atom. The van der Waals surface area contributed by atoms with Gasteiger partial charge in [-0.05, 0) is 45.3 Å². The van der Waals surface area contributed by atoms with Crippen LogP contribution in [0.3, 0.4) is 0 Å². The van der Waals surface area contributed by atoms with Crippen molar-refractivity contribution < 1.29 is 14.0 Å². The third kappa shape index (κ3) is 5.50. The molecule has 2 atom stereocenters. The summed E-state index contributed by atoms with van der Waals surface area (Å²) in [7, 11) is -1.90. The monoisotopic (exact) mass is 340 g/mol. The molecule has 1 aliphatic heterocycles. The van der Waals surface area contributed by atoms with Crippen LogP contribution in [0.25, 0.3) is 0 Å². The minimum atomic E-state index is -1.90. The summed E-state index contributed by atoms with van der Waals surface area (Å²) in [5, 5.41) is 9.17. The maximum atomic E-state index is 12.4. The topological polar surface area (TPSA) is 62.6 Å². The second-order valence-electron chi connectivity index (χ2n) is 8.88. The molecule has 0 radical (unpaired) electrons. The number of hydrogen-bond donors (Lipinski definition) is 0. The van der Waals surface area contributed by atoms with Crippen molar-refractivity contribution in [2.24, 2.45) is 0 Å². The fourth-order valence-corrected chi connectivity index (χ4v) is 3.75. The first-order valence-electron chi connectivity index (χ1n) is 8.31. The maximum Gasteiger partial charge on any atom is 0.410 e. The van der Waals surface area contributed by atoms with Crippen LogP contribution in [-0.4, -0.2) is 43.6 Å². The Bertz CT molecular complexity index is 472. The number of amides is 1. The molecule has 5 nitrogen and oxygen atoms in total. The molecule has 0 aliphatic carbocycles. The predicted octanol–water partition coefficient (Wildman–Crippen LogP) is 4.30. The molecule has 1 rings (SSSR count). The van der Waals surface area contributed by atoms with Crippen molar-refractivity contribution in [2.45, 2.75) is 90.3 Å². The van der Waals surface area contributed by atoms with E-state index in [0.29, 0.717) is 19.4 Å². The number of nitrogens with zero attached hydrogens (tertiary/aromatic N) is 2. The number of carbonyl (C=O) groups excluding carboxylic acids is 1. The molecule has 0 aromatic heterocycles. The van der Waals surface area contributed by atoms with Gasteiger partial charge < -0.3 is 14.1 Å². The van der Waals surface area contributed by atoms with Crippen LogP contribution in [0.4, 0.5) is 4.79 Å². The minimum absolute atomic E-state index is 0.0123. The lowest BCUT2D eigenvalue weighted by molar-refractivity contribution is 0.0213. The van der Waals surface area contributed by atoms with Gasteiger partial charge in [0.15, 0.2) is 8.32 Å². The van der Waals surface area contributed by atoms with Gasteiger partial charge in [-0.2, -0.15) is 5.26 Å². The predicted molar refractivity (Wildman–Crippen MR) is 93.6 cm³/mol. The van der Waals surface area contributed by atoms with E-state index in [1.165, 1.54) is 0 Å². The van der Waals surface area contributed by atoms with E-state index in [1.54, 1.807) is 4.90 Å². The standard InChI is InChI=1S/C17H32N2O3Si/c1-16(2,3)21-15(20)19-12-14(11-13(19)9-10-18)22-23(7,8)17(4,5)6/h13-14H,9,11-12H2,1-8H3/t13-,14+/m0/s1. The summed E-state index contributed by atoms with van der Waals surface area (Å²) >= 11 is 0. The molecule has 1 saturated heterocycles. The number of hydrogen-bond acceptors (Lipinski definition) is 4. The van der Waals surface area contributed by atoms with Gasteiger partial charge in [-0.1, -0.05) is 20.8 Å². The fourth-order valence-electron chi connectivity index (χ4n) is 2.40. The number of ether oxygens (including phenoxy) is 1. The summed E-state index contributed by atoms with van der Waals surface area (Å²) in [5.74, 6) is 0. The Morgan fingerprint density at radius 1 is 1.26 bits per heavy atom. The summed E-state index contributed by atoms with van der Waals surface area (Å²) < 4.78 is 11.9. The van der Waals surface area contributed by atoms with Crippen molar-refractivity contribution in [1.82, 2.24) is 4.90 Å². The molecule has 1 fully saturated rings. The summed E-state index contributed by atoms with van der Waals surface area (Å²) in [6, 6.07) is 2.06. The van der Waals surface area contributed by atoms with Crippen LogP contribution in [0.15, 0.2) is 0 Å². The zero-order valence-corrected chi connectivity index (χ0v) is 16.9. The second-order valence-corrected chi connectivity index (χ2v) is 13.6. The highest BCUT2D eigenvalue weighted by atomic mass is 28.4. The van der Waals surface area contributed by atoms with Gasteiger partial charge in [0.25, 0.3) is 0 Å². The van der Waals surface area contributed by atoms with Gasteiger partial charge in [0.1, 0.15) is 5.60 Å². The van der Waals surface area contributed by atoms with Crippen molar-refractivity contribution in [3.05, 3.63) is 0 Å². The smallest absolute Gasteiger partial charge is 0.410 e. The normalized spacial score (nSPS) is 22.8. The number of nitriles is 1. The van der Waals surface area contributed by atoms with E-state index < -0.39 is 13.9 Å². The van der Waals surface area contributed by atoms with Crippen molar-refractivity contribution in [1.29, 1.82) is 5.26 Å². The van der Waals surface area contributed by atoms with Gasteiger partial charge in [0.2, 0.25) is 0 Å². The molecule has 1 aliphatic rings. The van der Waals surface area contributed by atoms with Gasteiger partial charge in [-0.25, -0.2) is 4.79 Å². The zero-order valence-electron chi connectivity index (χ0n) is 15.9. The van der Waals surface area contributed by atoms with E-state index in [4.69, 9.17) is 14.4 Å². The van der Waals surface area contributed by atoms with Crippen LogP contribution >= 0.6 is 0 Å². The van der Waals surface area contributed by atoms with Crippen LogP contribution < -0.4 is 0 Å². The lowest BCUT2D eigenvalue weighted by Crippen LogP contribution is -2.45. The van der Waals surface area contributed by atoms with Gasteiger partial charge in [0, 0.05) is 6.54 Å². The van der Waals surface area contributed by atoms with E-state index in [2.05, 4.69) is 39.9 Å². The lowest BCUT2D eigenvalue weighted by atomic mass is 10.1. The highest BCUT2D eigenvalue weighted by Gasteiger charge is 2.44. The SMILES string of the molecule is CC(C)(C)OC(=O)N1C[C@H](O[Si](C)(C)C(C)(C)C)C[C@@H]1CC#N. The molecule has 0 aromatic rings. The Morgan fingerprint density at radius 3 is 2.26 bits per heavy atom. The van der Waals surface area contributed by atoms with Crippen LogP contribution in [0.5, 0.6) is 0 Å². The molecular formula is C17H32N2O3Si. The number of rotatable bonds is 3. The molecule has 0 spiro atoms. The third-order valence-electron chi connectivity index (χ3n) is 4.60. The molecule has 1 heterocycles. The van der Waals surface area contributed by atoms with Crippen LogP contribution in [0.2, 0.25) is 18.1 Å².